The summed E-state index contributed by atoms with van der Waals surface area (Å²) < 4.78 is 28.7. The summed E-state index contributed by atoms with van der Waals surface area (Å²) >= 11 is 0. The first-order valence-corrected chi connectivity index (χ1v) is 8.06. The van der Waals surface area contributed by atoms with Crippen LogP contribution in [0.3, 0.4) is 0 Å². The van der Waals surface area contributed by atoms with E-state index in [1.165, 1.54) is 4.31 Å². The van der Waals surface area contributed by atoms with E-state index in [1.807, 2.05) is 19.1 Å². The van der Waals surface area contributed by atoms with Crippen molar-refractivity contribution in [1.29, 1.82) is 0 Å². The maximum atomic E-state index is 12.2. The van der Waals surface area contributed by atoms with Crippen LogP contribution in [0, 0.1) is 0 Å². The highest BCUT2D eigenvalue weighted by atomic mass is 32.2. The summed E-state index contributed by atoms with van der Waals surface area (Å²) in [6.45, 7) is 3.05. The Kier molecular flexibility index (Phi) is 4.44. The van der Waals surface area contributed by atoms with Crippen molar-refractivity contribution in [3.05, 3.63) is 29.8 Å². The summed E-state index contributed by atoms with van der Waals surface area (Å²) in [5, 5.41) is 0. The zero-order chi connectivity index (χ0) is 13.9. The number of benzene rings is 1. The molecular formula is C13H21N3O2S. The first-order valence-electron chi connectivity index (χ1n) is 6.62. The van der Waals surface area contributed by atoms with E-state index in [0.717, 1.165) is 24.8 Å². The molecule has 5 nitrogen and oxygen atoms in total. The average molecular weight is 283 g/mol. The second-order valence-electron chi connectivity index (χ2n) is 4.97. The first kappa shape index (κ1) is 14.3. The van der Waals surface area contributed by atoms with E-state index < -0.39 is 10.2 Å². The summed E-state index contributed by atoms with van der Waals surface area (Å²) in [5.41, 5.74) is 7.23. The maximum Gasteiger partial charge on any atom is 0.279 e. The van der Waals surface area contributed by atoms with Crippen molar-refractivity contribution in [3.63, 3.8) is 0 Å². The van der Waals surface area contributed by atoms with Gasteiger partial charge in [0.25, 0.3) is 10.2 Å². The van der Waals surface area contributed by atoms with Gasteiger partial charge in [0.2, 0.25) is 0 Å². The van der Waals surface area contributed by atoms with Crippen LogP contribution in [0.2, 0.25) is 0 Å². The smallest absolute Gasteiger partial charge is 0.279 e. The number of nitrogens with two attached hydrogens (primary N) is 1. The first-order chi connectivity index (χ1) is 8.99. The Morgan fingerprint density at radius 3 is 2.58 bits per heavy atom. The van der Waals surface area contributed by atoms with Crippen molar-refractivity contribution in [1.82, 2.24) is 9.03 Å². The van der Waals surface area contributed by atoms with E-state index in [2.05, 4.69) is 4.72 Å². The van der Waals surface area contributed by atoms with Gasteiger partial charge in [-0.15, -0.1) is 0 Å². The van der Waals surface area contributed by atoms with Gasteiger partial charge in [-0.1, -0.05) is 18.6 Å². The van der Waals surface area contributed by atoms with Crippen LogP contribution in [0.15, 0.2) is 24.3 Å². The summed E-state index contributed by atoms with van der Waals surface area (Å²) in [6.07, 6.45) is 2.98. The minimum absolute atomic E-state index is 0.282. The second kappa shape index (κ2) is 5.90. The van der Waals surface area contributed by atoms with Gasteiger partial charge in [0, 0.05) is 24.8 Å². The van der Waals surface area contributed by atoms with Crippen LogP contribution < -0.4 is 10.5 Å². The molecule has 6 heteroatoms. The van der Waals surface area contributed by atoms with Crippen LogP contribution >= 0.6 is 0 Å². The lowest BCUT2D eigenvalue weighted by atomic mass is 10.1. The predicted molar refractivity (Wildman–Crippen MR) is 76.7 cm³/mol. The molecule has 0 saturated carbocycles. The second-order valence-corrected chi connectivity index (χ2v) is 6.68. The zero-order valence-corrected chi connectivity index (χ0v) is 12.0. The highest BCUT2D eigenvalue weighted by Gasteiger charge is 2.25. The molecule has 3 N–H and O–H groups in total. The molecule has 2 rings (SSSR count). The van der Waals surface area contributed by atoms with Crippen LogP contribution in [-0.4, -0.2) is 25.8 Å². The normalized spacial score (nSPS) is 19.2. The van der Waals surface area contributed by atoms with Gasteiger partial charge in [-0.3, -0.25) is 0 Å². The topological polar surface area (TPSA) is 75.4 Å². The van der Waals surface area contributed by atoms with Crippen LogP contribution in [0.1, 0.15) is 37.8 Å². The number of hydrogen-bond donors (Lipinski definition) is 2. The van der Waals surface area contributed by atoms with Crippen LogP contribution in [0.25, 0.3) is 0 Å². The molecule has 0 bridgehead atoms. The number of rotatable bonds is 4. The zero-order valence-electron chi connectivity index (χ0n) is 11.2. The maximum absolute atomic E-state index is 12.2. The third-order valence-corrected chi connectivity index (χ3v) is 5.09. The van der Waals surface area contributed by atoms with E-state index in [4.69, 9.17) is 5.73 Å². The molecule has 1 aromatic rings. The fourth-order valence-electron chi connectivity index (χ4n) is 2.30. The molecule has 1 aromatic carbocycles. The molecular weight excluding hydrogens is 262 g/mol. The van der Waals surface area contributed by atoms with Gasteiger partial charge in [0.1, 0.15) is 0 Å². The van der Waals surface area contributed by atoms with Crippen molar-refractivity contribution < 1.29 is 8.42 Å². The van der Waals surface area contributed by atoms with E-state index in [1.54, 1.807) is 12.1 Å². The Balaban J connectivity index is 2.07. The number of hydrogen-bond acceptors (Lipinski definition) is 3. The Morgan fingerprint density at radius 2 is 1.95 bits per heavy atom. The number of nitrogen functional groups attached to an aromatic ring is 1. The molecule has 1 aliphatic rings. The lowest BCUT2D eigenvalue weighted by Gasteiger charge is -2.27. The Labute approximate surface area is 115 Å². The number of nitrogens with one attached hydrogen (secondary N) is 1. The van der Waals surface area contributed by atoms with E-state index >= 15 is 0 Å². The lowest BCUT2D eigenvalue weighted by Crippen LogP contribution is -2.44. The van der Waals surface area contributed by atoms with Crippen molar-refractivity contribution in [2.24, 2.45) is 0 Å². The molecule has 1 aliphatic heterocycles. The van der Waals surface area contributed by atoms with Crippen LogP contribution in [-0.2, 0) is 10.2 Å². The molecule has 0 radical (unpaired) electrons. The fraction of sp³-hybridized carbons (Fsp3) is 0.538. The van der Waals surface area contributed by atoms with Crippen LogP contribution in [0.4, 0.5) is 5.69 Å². The number of piperidine rings is 1. The number of nitrogens with zero attached hydrogens (tertiary/aromatic N) is 1. The molecule has 19 heavy (non-hydrogen) atoms. The Hall–Kier alpha value is -1.11. The molecule has 0 amide bonds. The fourth-order valence-corrected chi connectivity index (χ4v) is 3.77. The minimum atomic E-state index is -3.40. The summed E-state index contributed by atoms with van der Waals surface area (Å²) in [4.78, 5) is 0. The van der Waals surface area contributed by atoms with Crippen molar-refractivity contribution in [2.45, 2.75) is 32.2 Å². The van der Waals surface area contributed by atoms with Crippen molar-refractivity contribution in [2.75, 3.05) is 18.8 Å². The van der Waals surface area contributed by atoms with E-state index in [9.17, 15) is 8.42 Å². The van der Waals surface area contributed by atoms with Gasteiger partial charge in [0.05, 0.1) is 0 Å². The van der Waals surface area contributed by atoms with Gasteiger partial charge in [-0.05, 0) is 37.5 Å². The standard InChI is InChI=1S/C13H21N3O2S/c1-11(12-6-5-7-13(14)10-12)15-19(17,18)16-8-3-2-4-9-16/h5-7,10-11,15H,2-4,8-9,14H2,1H3. The Bertz CT molecular complexity index is 524. The largest absolute Gasteiger partial charge is 0.399 e. The highest BCUT2D eigenvalue weighted by Crippen LogP contribution is 2.18. The lowest BCUT2D eigenvalue weighted by molar-refractivity contribution is 0.339. The highest BCUT2D eigenvalue weighted by molar-refractivity contribution is 7.87. The Morgan fingerprint density at radius 1 is 1.26 bits per heavy atom. The molecule has 0 aromatic heterocycles. The summed E-state index contributed by atoms with van der Waals surface area (Å²) in [6, 6.07) is 7.00. The third kappa shape index (κ3) is 3.68. The van der Waals surface area contributed by atoms with Gasteiger partial charge < -0.3 is 5.73 Å². The molecule has 1 saturated heterocycles. The van der Waals surface area contributed by atoms with Crippen LogP contribution in [0.5, 0.6) is 0 Å². The monoisotopic (exact) mass is 283 g/mol. The molecule has 1 atom stereocenters. The molecule has 1 unspecified atom stereocenters. The van der Waals surface area contributed by atoms with Gasteiger partial charge >= 0.3 is 0 Å². The summed E-state index contributed by atoms with van der Waals surface area (Å²) in [7, 11) is -3.40. The van der Waals surface area contributed by atoms with Gasteiger partial charge in [-0.25, -0.2) is 0 Å². The van der Waals surface area contributed by atoms with Crippen molar-refractivity contribution >= 4 is 15.9 Å². The molecule has 1 fully saturated rings. The van der Waals surface area contributed by atoms with Gasteiger partial charge in [0.15, 0.2) is 0 Å². The molecule has 106 valence electrons. The molecule has 0 aliphatic carbocycles. The van der Waals surface area contributed by atoms with Gasteiger partial charge in [-0.2, -0.15) is 17.4 Å². The predicted octanol–water partition coefficient (Wildman–Crippen LogP) is 1.65. The average Bonchev–Trinajstić information content (AvgIpc) is 2.39. The third-order valence-electron chi connectivity index (χ3n) is 3.39. The van der Waals surface area contributed by atoms with Crippen molar-refractivity contribution in [3.8, 4) is 0 Å². The SMILES string of the molecule is CC(NS(=O)(=O)N1CCCCC1)c1cccc(N)c1. The van der Waals surface area contributed by atoms with E-state index in [0.29, 0.717) is 18.8 Å². The summed E-state index contributed by atoms with van der Waals surface area (Å²) in [5.74, 6) is 0. The molecule has 0 spiro atoms. The van der Waals surface area contributed by atoms with E-state index in [-0.39, 0.29) is 6.04 Å². The minimum Gasteiger partial charge on any atom is -0.399 e. The number of anilines is 1. The quantitative estimate of drug-likeness (QED) is 0.825. The molecule has 1 heterocycles.